The van der Waals surface area contributed by atoms with E-state index in [2.05, 4.69) is 31.8 Å². The Balaban J connectivity index is 1.60. The number of methoxy groups -OCH3 is 1. The summed E-state index contributed by atoms with van der Waals surface area (Å²) in [6, 6.07) is 0. The zero-order valence-corrected chi connectivity index (χ0v) is 24.8. The zero-order chi connectivity index (χ0) is 29.9. The van der Waals surface area contributed by atoms with Gasteiger partial charge in [0.2, 0.25) is 0 Å². The molecular weight excluding hydrogens is 528 g/mol. The summed E-state index contributed by atoms with van der Waals surface area (Å²) in [6.07, 6.45) is 9.73. The van der Waals surface area contributed by atoms with Gasteiger partial charge < -0.3 is 20.3 Å². The third-order valence-corrected chi connectivity index (χ3v) is 9.19. The molecule has 0 saturated carbocycles. The van der Waals surface area contributed by atoms with Crippen LogP contribution in [0.15, 0.2) is 119 Å². The lowest BCUT2D eigenvalue weighted by Gasteiger charge is -2.17. The minimum atomic E-state index is -0.247. The van der Waals surface area contributed by atoms with Gasteiger partial charge in [-0.25, -0.2) is 15.0 Å². The van der Waals surface area contributed by atoms with E-state index in [1.54, 1.807) is 0 Å². The second-order valence-electron chi connectivity index (χ2n) is 11.4. The molecule has 5 aliphatic heterocycles. The molecule has 0 aromatic rings. The van der Waals surface area contributed by atoms with E-state index in [0.29, 0.717) is 30.7 Å². The number of aliphatic imine (C=N–C) groups is 3. The molecule has 0 spiro atoms. The highest BCUT2D eigenvalue weighted by atomic mass is 16.5. The van der Waals surface area contributed by atoms with Crippen LogP contribution in [0.1, 0.15) is 53.4 Å². The highest BCUT2D eigenvalue weighted by molar-refractivity contribution is 6.21. The van der Waals surface area contributed by atoms with Crippen molar-refractivity contribution < 1.29 is 19.7 Å². The Morgan fingerprint density at radius 3 is 2.57 bits per heavy atom. The average Bonchev–Trinajstić information content (AvgIpc) is 3.73. The second kappa shape index (κ2) is 10.5. The molecule has 42 heavy (non-hydrogen) atoms. The van der Waals surface area contributed by atoms with Crippen LogP contribution in [0.4, 0.5) is 0 Å². The standard InChI is InChI=1S/C34H36N4O4/c1-7-19-16(3)24-12-25-17(4)21(9-10-31(41)42-6)33(37-25)22-11-30(40)32-18(5)26(38-34(22)32)13-28-20(8-2)23(15-39)29(36-28)14-27(19)35-24/h7,12-14,17,21,37,39-40H,1,8-11,15H2,2-6H3. The molecule has 0 aromatic heterocycles. The summed E-state index contributed by atoms with van der Waals surface area (Å²) < 4.78 is 4.96. The molecule has 6 rings (SSSR count). The number of rotatable bonds is 6. The molecule has 5 heterocycles. The van der Waals surface area contributed by atoms with Gasteiger partial charge in [0.05, 0.1) is 47.9 Å². The van der Waals surface area contributed by atoms with Crippen LogP contribution in [-0.4, -0.2) is 47.0 Å². The Kier molecular flexibility index (Phi) is 6.97. The summed E-state index contributed by atoms with van der Waals surface area (Å²) in [5.41, 5.74) is 12.7. The maximum atomic E-state index is 12.2. The second-order valence-corrected chi connectivity index (χ2v) is 11.4. The molecule has 0 amide bonds. The van der Waals surface area contributed by atoms with Crippen molar-refractivity contribution in [1.82, 2.24) is 5.32 Å². The number of allylic oxidation sites excluding steroid dienone is 11. The first-order valence-electron chi connectivity index (χ1n) is 14.5. The molecule has 216 valence electrons. The fourth-order valence-corrected chi connectivity index (χ4v) is 6.81. The van der Waals surface area contributed by atoms with Crippen molar-refractivity contribution in [3.63, 3.8) is 0 Å². The molecule has 8 nitrogen and oxygen atoms in total. The van der Waals surface area contributed by atoms with Gasteiger partial charge in [0, 0.05) is 58.4 Å². The molecule has 1 aliphatic carbocycles. The molecule has 1 fully saturated rings. The Hall–Kier alpha value is -4.30. The summed E-state index contributed by atoms with van der Waals surface area (Å²) in [4.78, 5) is 27.2. The van der Waals surface area contributed by atoms with Crippen molar-refractivity contribution in [2.45, 2.75) is 53.4 Å². The van der Waals surface area contributed by atoms with Crippen molar-refractivity contribution in [2.24, 2.45) is 26.8 Å². The van der Waals surface area contributed by atoms with E-state index in [-0.39, 0.29) is 30.8 Å². The first-order chi connectivity index (χ1) is 20.2. The predicted octanol–water partition coefficient (Wildman–Crippen LogP) is 5.77. The van der Waals surface area contributed by atoms with Crippen molar-refractivity contribution >= 4 is 23.1 Å². The lowest BCUT2D eigenvalue weighted by molar-refractivity contribution is -0.140. The lowest BCUT2D eigenvalue weighted by Crippen LogP contribution is -2.16. The van der Waals surface area contributed by atoms with Gasteiger partial charge in [-0.2, -0.15) is 0 Å². The van der Waals surface area contributed by atoms with Crippen LogP contribution >= 0.6 is 0 Å². The number of hydrogen-bond donors (Lipinski definition) is 3. The van der Waals surface area contributed by atoms with Crippen LogP contribution in [0.25, 0.3) is 0 Å². The van der Waals surface area contributed by atoms with E-state index in [1.165, 1.54) is 7.11 Å². The SMILES string of the molecule is C=CC1=C(C)C2=NC1=CC1=NC(=CC3=C(C)C4=C(O)CC(=C5NC(=C2)C(C)C5CCC(=O)OC)C4=N3)C(CC)=C1CO. The quantitative estimate of drug-likeness (QED) is 0.354. The number of carbonyl (C=O) groups excluding carboxylic acids is 1. The van der Waals surface area contributed by atoms with Crippen LogP contribution in [0.3, 0.4) is 0 Å². The maximum Gasteiger partial charge on any atom is 0.305 e. The molecule has 0 radical (unpaired) electrons. The molecule has 8 bridgehead atoms. The number of fused-ring (bicyclic) bond motifs is 5. The van der Waals surface area contributed by atoms with Gasteiger partial charge in [-0.05, 0) is 61.6 Å². The van der Waals surface area contributed by atoms with E-state index in [0.717, 1.165) is 78.9 Å². The van der Waals surface area contributed by atoms with Gasteiger partial charge in [0.25, 0.3) is 0 Å². The number of hydrogen-bond acceptors (Lipinski definition) is 8. The monoisotopic (exact) mass is 564 g/mol. The Morgan fingerprint density at radius 2 is 1.88 bits per heavy atom. The topological polar surface area (TPSA) is 116 Å². The highest BCUT2D eigenvalue weighted by Crippen LogP contribution is 2.46. The Labute approximate surface area is 246 Å². The zero-order valence-electron chi connectivity index (χ0n) is 24.8. The van der Waals surface area contributed by atoms with E-state index in [4.69, 9.17) is 19.7 Å². The summed E-state index contributed by atoms with van der Waals surface area (Å²) in [5, 5.41) is 25.2. The summed E-state index contributed by atoms with van der Waals surface area (Å²) in [7, 11) is 1.41. The molecule has 2 unspecified atom stereocenters. The number of carbonyl (C=O) groups is 1. The Morgan fingerprint density at radius 1 is 1.12 bits per heavy atom. The van der Waals surface area contributed by atoms with Crippen LogP contribution in [0, 0.1) is 11.8 Å². The molecule has 0 aromatic carbocycles. The van der Waals surface area contributed by atoms with E-state index >= 15 is 0 Å². The van der Waals surface area contributed by atoms with Crippen molar-refractivity contribution in [2.75, 3.05) is 13.7 Å². The largest absolute Gasteiger partial charge is 0.511 e. The summed E-state index contributed by atoms with van der Waals surface area (Å²) in [6.45, 7) is 12.1. The van der Waals surface area contributed by atoms with Crippen LogP contribution in [0.5, 0.6) is 0 Å². The van der Waals surface area contributed by atoms with E-state index < -0.39 is 0 Å². The summed E-state index contributed by atoms with van der Waals surface area (Å²) >= 11 is 0. The fraction of sp³-hybridized carbons (Fsp3) is 0.353. The molecular formula is C34H36N4O4. The summed E-state index contributed by atoms with van der Waals surface area (Å²) in [5.74, 6) is 0.107. The van der Waals surface area contributed by atoms with Crippen molar-refractivity contribution in [1.29, 1.82) is 0 Å². The number of nitrogens with zero attached hydrogens (tertiary/aromatic N) is 3. The fourth-order valence-electron chi connectivity index (χ4n) is 6.81. The van der Waals surface area contributed by atoms with E-state index in [1.807, 2.05) is 32.1 Å². The van der Waals surface area contributed by atoms with Crippen LogP contribution < -0.4 is 5.32 Å². The van der Waals surface area contributed by atoms with Gasteiger partial charge in [0.1, 0.15) is 5.76 Å². The molecule has 1 saturated heterocycles. The van der Waals surface area contributed by atoms with Crippen molar-refractivity contribution in [3.8, 4) is 0 Å². The lowest BCUT2D eigenvalue weighted by atomic mass is 9.86. The van der Waals surface area contributed by atoms with Gasteiger partial charge in [-0.1, -0.05) is 26.5 Å². The number of esters is 1. The van der Waals surface area contributed by atoms with E-state index in [9.17, 15) is 15.0 Å². The third-order valence-electron chi connectivity index (χ3n) is 9.19. The number of aliphatic hydroxyl groups excluding tert-OH is 2. The van der Waals surface area contributed by atoms with Gasteiger partial charge >= 0.3 is 5.97 Å². The van der Waals surface area contributed by atoms with Crippen molar-refractivity contribution in [3.05, 3.63) is 104 Å². The molecule has 3 N–H and O–H groups in total. The van der Waals surface area contributed by atoms with Crippen LogP contribution in [0.2, 0.25) is 0 Å². The third kappa shape index (κ3) is 4.24. The number of ether oxygens (including phenoxy) is 1. The van der Waals surface area contributed by atoms with Gasteiger partial charge in [0.15, 0.2) is 0 Å². The Bertz CT molecular complexity index is 1700. The molecule has 8 heteroatoms. The smallest absolute Gasteiger partial charge is 0.305 e. The molecule has 6 aliphatic rings. The first-order valence-corrected chi connectivity index (χ1v) is 14.5. The minimum absolute atomic E-state index is 0.00192. The average molecular weight is 565 g/mol. The number of nitrogens with one attached hydrogen (secondary N) is 1. The van der Waals surface area contributed by atoms with Gasteiger partial charge in [-0.3, -0.25) is 4.79 Å². The minimum Gasteiger partial charge on any atom is -0.511 e. The predicted molar refractivity (Wildman–Crippen MR) is 165 cm³/mol. The molecule has 2 atom stereocenters. The normalized spacial score (nSPS) is 24.6. The van der Waals surface area contributed by atoms with Crippen LogP contribution in [-0.2, 0) is 9.53 Å². The highest BCUT2D eigenvalue weighted by Gasteiger charge is 2.41. The number of aliphatic hydroxyl groups is 2. The first kappa shape index (κ1) is 27.8. The van der Waals surface area contributed by atoms with Gasteiger partial charge in [-0.15, -0.1) is 0 Å². The maximum absolute atomic E-state index is 12.2.